The van der Waals surface area contributed by atoms with E-state index in [0.29, 0.717) is 77.7 Å². The average molecular weight is 865 g/mol. The summed E-state index contributed by atoms with van der Waals surface area (Å²) in [6, 6.07) is 27.4. The minimum Gasteiger partial charge on any atom is -0.465 e. The predicted octanol–water partition coefficient (Wildman–Crippen LogP) is 8.79. The monoisotopic (exact) mass is 864 g/mol. The van der Waals surface area contributed by atoms with Crippen LogP contribution in [0.2, 0.25) is 0 Å². The summed E-state index contributed by atoms with van der Waals surface area (Å²) in [5.74, 6) is 0.404. The fraction of sp³-hybridized carbons (Fsp3) is 0.250. The normalized spacial score (nSPS) is 17.0. The maximum Gasteiger partial charge on any atom is 0.407 e. The number of hydrogen-bond donors (Lipinski definition) is 4. The molecule has 2 aliphatic rings. The van der Waals surface area contributed by atoms with Crippen molar-refractivity contribution in [3.8, 4) is 33.8 Å². The zero-order chi connectivity index (χ0) is 44.5. The van der Waals surface area contributed by atoms with E-state index in [9.17, 15) is 24.3 Å². The van der Waals surface area contributed by atoms with Crippen molar-refractivity contribution < 1.29 is 37.8 Å². The molecule has 0 unspecified atom stereocenters. The fourth-order valence-electron chi connectivity index (χ4n) is 8.87. The summed E-state index contributed by atoms with van der Waals surface area (Å²) in [5.41, 5.74) is 4.72. The second kappa shape index (κ2) is 17.6. The van der Waals surface area contributed by atoms with Crippen LogP contribution in [-0.2, 0) is 14.3 Å². The first-order valence-electron chi connectivity index (χ1n) is 21.0. The van der Waals surface area contributed by atoms with Gasteiger partial charge in [-0.2, -0.15) is 0 Å². The molecule has 4 N–H and O–H groups in total. The zero-order valence-electron chi connectivity index (χ0n) is 35.0. The third kappa shape index (κ3) is 8.05. The van der Waals surface area contributed by atoms with Crippen LogP contribution >= 0.6 is 0 Å². The Kier molecular flexibility index (Phi) is 11.4. The van der Waals surface area contributed by atoms with Crippen LogP contribution in [0.1, 0.15) is 72.6 Å². The van der Waals surface area contributed by atoms with Crippen molar-refractivity contribution in [1.82, 2.24) is 40.0 Å². The molecule has 64 heavy (non-hydrogen) atoms. The molecule has 4 atom stereocenters. The van der Waals surface area contributed by atoms with Crippen molar-refractivity contribution in [2.24, 2.45) is 0 Å². The second-order valence-electron chi connectivity index (χ2n) is 16.0. The summed E-state index contributed by atoms with van der Waals surface area (Å²) in [7, 11) is 2.65. The quantitative estimate of drug-likeness (QED) is 0.0985. The molecule has 0 saturated carbocycles. The van der Waals surface area contributed by atoms with Gasteiger partial charge in [0.15, 0.2) is 0 Å². The smallest absolute Gasteiger partial charge is 0.407 e. The van der Waals surface area contributed by atoms with Gasteiger partial charge in [-0.25, -0.2) is 23.9 Å². The highest BCUT2D eigenvalue weighted by molar-refractivity contribution is 5.89. The van der Waals surface area contributed by atoms with Crippen molar-refractivity contribution in [2.75, 3.05) is 27.2 Å². The number of aromatic nitrogens is 4. The Bertz CT molecular complexity index is 2840. The lowest BCUT2D eigenvalue weighted by atomic mass is 10.0. The third-order valence-electron chi connectivity index (χ3n) is 12.1. The molecule has 2 fully saturated rings. The molecular weight excluding hydrogens is 820 g/mol. The van der Waals surface area contributed by atoms with Gasteiger partial charge in [-0.15, -0.1) is 0 Å². The topological polar surface area (TPSA) is 190 Å². The number of ether oxygens (including phenoxy) is 1. The molecule has 0 spiro atoms. The minimum atomic E-state index is -1.21. The summed E-state index contributed by atoms with van der Waals surface area (Å²) in [4.78, 5) is 72.6. The van der Waals surface area contributed by atoms with Crippen molar-refractivity contribution in [3.05, 3.63) is 144 Å². The van der Waals surface area contributed by atoms with Gasteiger partial charge in [0.25, 0.3) is 11.8 Å². The van der Waals surface area contributed by atoms with Gasteiger partial charge in [0, 0.05) is 36.7 Å². The first-order chi connectivity index (χ1) is 31.1. The molecule has 2 aliphatic heterocycles. The zero-order valence-corrected chi connectivity index (χ0v) is 35.0. The van der Waals surface area contributed by atoms with Crippen LogP contribution in [-0.4, -0.2) is 91.0 Å². The van der Waals surface area contributed by atoms with Crippen molar-refractivity contribution in [2.45, 2.75) is 49.9 Å². The summed E-state index contributed by atoms with van der Waals surface area (Å²) < 4.78 is 26.9. The molecule has 4 amide bonds. The third-order valence-corrected chi connectivity index (χ3v) is 12.1. The van der Waals surface area contributed by atoms with Crippen LogP contribution in [0.5, 0.6) is 0 Å². The number of hydrogen-bond acceptors (Lipinski definition) is 8. The number of nitrogens with one attached hydrogen (secondary N) is 3. The molecule has 15 nitrogen and oxygen atoms in total. The number of imidazole rings is 2. The highest BCUT2D eigenvalue weighted by Gasteiger charge is 2.40. The number of aromatic amines is 2. The van der Waals surface area contributed by atoms with E-state index in [1.165, 1.54) is 20.2 Å². The summed E-state index contributed by atoms with van der Waals surface area (Å²) in [5, 5.41) is 13.3. The standard InChI is InChI=1S/C48H45FN8O7/c1-55(48(61)62)42(29-13-7-4-8-14-29)46(59)57-22-10-16-38(57)44-51-27-36(53-44)31-17-19-33(34(49)24-31)40-25-32-23-30(18-20-39(32)64-40)35-26-50-43(52-35)37-15-9-21-56(37)45(58)41(54-47(60)63-2)28-11-5-3-6-12-28/h3-8,11-14,17-20,23-27,37-38,41-42H,9-10,15-16,21-22H2,1-2H3,(H,50,52)(H,51,53)(H,54,60)(H,61,62)/t37-,38-,41+,42+/m0/s1. The number of carbonyl (C=O) groups excluding carboxylic acids is 3. The van der Waals surface area contributed by atoms with Crippen LogP contribution < -0.4 is 5.32 Å². The molecule has 16 heteroatoms. The number of halogens is 1. The highest BCUT2D eigenvalue weighted by atomic mass is 19.1. The summed E-state index contributed by atoms with van der Waals surface area (Å²) >= 11 is 0. The number of furan rings is 1. The van der Waals surface area contributed by atoms with Gasteiger partial charge >= 0.3 is 12.2 Å². The number of likely N-dealkylation sites (N-methyl/N-ethyl adjacent to an activating group) is 1. The lowest BCUT2D eigenvalue weighted by Gasteiger charge is -2.32. The number of nitrogens with zero attached hydrogens (tertiary/aromatic N) is 5. The number of fused-ring (bicyclic) bond motifs is 1. The average Bonchev–Trinajstić information content (AvgIpc) is 4.18. The van der Waals surface area contributed by atoms with Crippen LogP contribution in [0, 0.1) is 5.82 Å². The van der Waals surface area contributed by atoms with Gasteiger partial charge in [0.05, 0.1) is 48.5 Å². The molecule has 0 aliphatic carbocycles. The molecule has 9 rings (SSSR count). The van der Waals surface area contributed by atoms with E-state index in [-0.39, 0.29) is 23.4 Å². The Balaban J connectivity index is 0.905. The fourth-order valence-corrected chi connectivity index (χ4v) is 8.87. The van der Waals surface area contributed by atoms with Gasteiger partial charge in [0.1, 0.15) is 40.9 Å². The van der Waals surface area contributed by atoms with E-state index >= 15 is 4.39 Å². The number of amides is 4. The highest BCUT2D eigenvalue weighted by Crippen LogP contribution is 2.38. The SMILES string of the molecule is COC(=O)N[C@@H](C(=O)N1CCC[C@H]1c1ncc(-c2ccc3oc(-c4ccc(-c5cnc([C@@H]6CCCN6C(=O)[C@@H](c6ccccc6)N(C)C(=O)O)[nH]5)cc4F)cc3c2)[nH]1)c1ccccc1. The Morgan fingerprint density at radius 2 is 1.38 bits per heavy atom. The number of rotatable bonds is 11. The van der Waals surface area contributed by atoms with Crippen LogP contribution in [0.3, 0.4) is 0 Å². The molecule has 326 valence electrons. The summed E-state index contributed by atoms with van der Waals surface area (Å²) in [6.45, 7) is 0.945. The van der Waals surface area contributed by atoms with Gasteiger partial charge in [-0.1, -0.05) is 66.7 Å². The second-order valence-corrected chi connectivity index (χ2v) is 16.0. The number of carbonyl (C=O) groups is 4. The maximum absolute atomic E-state index is 16.0. The van der Waals surface area contributed by atoms with Crippen LogP contribution in [0.15, 0.2) is 120 Å². The summed E-state index contributed by atoms with van der Waals surface area (Å²) in [6.07, 6.45) is 4.22. The Labute approximate surface area is 366 Å². The first kappa shape index (κ1) is 41.6. The van der Waals surface area contributed by atoms with Crippen molar-refractivity contribution in [3.63, 3.8) is 0 Å². The predicted molar refractivity (Wildman–Crippen MR) is 234 cm³/mol. The van der Waals surface area contributed by atoms with E-state index in [4.69, 9.17) is 9.15 Å². The molecule has 3 aromatic heterocycles. The number of likely N-dealkylation sites (tertiary alicyclic amines) is 2. The Hall–Kier alpha value is -7.75. The molecule has 2 saturated heterocycles. The molecule has 5 heterocycles. The minimum absolute atomic E-state index is 0.260. The van der Waals surface area contributed by atoms with Crippen LogP contribution in [0.25, 0.3) is 44.8 Å². The number of methoxy groups -OCH3 is 1. The van der Waals surface area contributed by atoms with Crippen LogP contribution in [0.4, 0.5) is 14.0 Å². The largest absolute Gasteiger partial charge is 0.465 e. The van der Waals surface area contributed by atoms with Crippen molar-refractivity contribution in [1.29, 1.82) is 0 Å². The Morgan fingerprint density at radius 3 is 1.97 bits per heavy atom. The van der Waals surface area contributed by atoms with Gasteiger partial charge in [-0.05, 0) is 73.2 Å². The first-order valence-corrected chi connectivity index (χ1v) is 21.0. The molecule has 0 bridgehead atoms. The van der Waals surface area contributed by atoms with Gasteiger partial charge in [-0.3, -0.25) is 14.5 Å². The number of H-pyrrole nitrogens is 2. The number of alkyl carbamates (subject to hydrolysis) is 1. The van der Waals surface area contributed by atoms with E-state index in [1.807, 2.05) is 42.5 Å². The number of benzene rings is 4. The van der Waals surface area contributed by atoms with E-state index in [2.05, 4.69) is 25.3 Å². The van der Waals surface area contributed by atoms with Gasteiger partial charge < -0.3 is 39.3 Å². The lowest BCUT2D eigenvalue weighted by molar-refractivity contribution is -0.137. The molecule has 7 aromatic rings. The van der Waals surface area contributed by atoms with Crippen molar-refractivity contribution >= 4 is 35.0 Å². The maximum atomic E-state index is 16.0. The van der Waals surface area contributed by atoms with E-state index in [1.54, 1.807) is 76.8 Å². The molecular formula is C48H45FN8O7. The van der Waals surface area contributed by atoms with E-state index < -0.39 is 36.1 Å². The lowest BCUT2D eigenvalue weighted by Crippen LogP contribution is -2.43. The van der Waals surface area contributed by atoms with E-state index in [0.717, 1.165) is 28.0 Å². The van der Waals surface area contributed by atoms with Gasteiger partial charge in [0.2, 0.25) is 0 Å². The molecule has 4 aromatic carbocycles. The Morgan fingerprint density at radius 1 is 0.797 bits per heavy atom. The molecule has 0 radical (unpaired) electrons. The number of carboxylic acid groups (broad SMARTS) is 1.